The molecule has 0 heterocycles. The number of hydrogen-bond acceptors (Lipinski definition) is 2. The van der Waals surface area contributed by atoms with E-state index in [0.717, 1.165) is 16.8 Å². The molecule has 110 valence electrons. The smallest absolute Gasteiger partial charge is 0.234 e. The topological polar surface area (TPSA) is 29.1 Å². The minimum Gasteiger partial charge on any atom is -0.325 e. The van der Waals surface area contributed by atoms with E-state index >= 15 is 0 Å². The van der Waals surface area contributed by atoms with Crippen LogP contribution >= 0.6 is 35.0 Å². The van der Waals surface area contributed by atoms with E-state index < -0.39 is 0 Å². The van der Waals surface area contributed by atoms with Crippen molar-refractivity contribution in [3.8, 4) is 0 Å². The summed E-state index contributed by atoms with van der Waals surface area (Å²) in [5.41, 5.74) is 2.76. The highest BCUT2D eigenvalue weighted by molar-refractivity contribution is 7.99. The molecule has 0 aliphatic heterocycles. The molecule has 0 atom stereocenters. The van der Waals surface area contributed by atoms with Crippen LogP contribution in [0.5, 0.6) is 0 Å². The first-order chi connectivity index (χ1) is 10.1. The molecule has 0 aliphatic rings. The second-order valence-corrected chi connectivity index (χ2v) is 6.36. The maximum Gasteiger partial charge on any atom is 0.234 e. The van der Waals surface area contributed by atoms with E-state index in [9.17, 15) is 4.79 Å². The maximum absolute atomic E-state index is 11.9. The van der Waals surface area contributed by atoms with Crippen LogP contribution in [0.2, 0.25) is 10.0 Å². The van der Waals surface area contributed by atoms with Gasteiger partial charge in [0, 0.05) is 21.5 Å². The van der Waals surface area contributed by atoms with E-state index in [4.69, 9.17) is 23.2 Å². The van der Waals surface area contributed by atoms with Gasteiger partial charge in [0.15, 0.2) is 0 Å². The van der Waals surface area contributed by atoms with Gasteiger partial charge < -0.3 is 5.32 Å². The zero-order chi connectivity index (χ0) is 15.2. The number of hydrogen-bond donors (Lipinski definition) is 1. The van der Waals surface area contributed by atoms with Crippen LogP contribution in [0.25, 0.3) is 0 Å². The average molecular weight is 340 g/mol. The van der Waals surface area contributed by atoms with Crippen LogP contribution in [-0.4, -0.2) is 11.7 Å². The summed E-state index contributed by atoms with van der Waals surface area (Å²) in [7, 11) is 0. The Morgan fingerprint density at radius 2 is 1.76 bits per heavy atom. The molecule has 0 fully saturated rings. The third-order valence-corrected chi connectivity index (χ3v) is 4.63. The summed E-state index contributed by atoms with van der Waals surface area (Å²) in [6, 6.07) is 13.1. The molecule has 0 aliphatic carbocycles. The van der Waals surface area contributed by atoms with E-state index in [0.29, 0.717) is 21.6 Å². The molecule has 1 amide bonds. The van der Waals surface area contributed by atoms with E-state index in [1.807, 2.05) is 37.3 Å². The fourth-order valence-electron chi connectivity index (χ4n) is 1.82. The molecule has 0 saturated heterocycles. The van der Waals surface area contributed by atoms with Gasteiger partial charge in [-0.05, 0) is 36.2 Å². The first-order valence-electron chi connectivity index (χ1n) is 6.44. The lowest BCUT2D eigenvalue weighted by atomic mass is 10.2. The van der Waals surface area contributed by atoms with Gasteiger partial charge in [0.2, 0.25) is 5.91 Å². The van der Waals surface area contributed by atoms with Gasteiger partial charge in [-0.1, -0.05) is 47.5 Å². The number of nitrogens with one attached hydrogen (secondary N) is 1. The lowest BCUT2D eigenvalue weighted by Crippen LogP contribution is -2.14. The van der Waals surface area contributed by atoms with Gasteiger partial charge in [-0.25, -0.2) is 0 Å². The molecule has 0 bridgehead atoms. The second kappa shape index (κ2) is 7.74. The zero-order valence-corrected chi connectivity index (χ0v) is 13.9. The number of anilines is 1. The highest BCUT2D eigenvalue weighted by atomic mass is 35.5. The van der Waals surface area contributed by atoms with Crippen molar-refractivity contribution >= 4 is 46.6 Å². The molecule has 0 saturated carbocycles. The molecule has 2 nitrogen and oxygen atoms in total. The van der Waals surface area contributed by atoms with Crippen molar-refractivity contribution in [2.45, 2.75) is 12.7 Å². The molecular formula is C16H15Cl2NOS. The molecule has 0 unspecified atom stereocenters. The highest BCUT2D eigenvalue weighted by Gasteiger charge is 2.08. The monoisotopic (exact) mass is 339 g/mol. The number of halogens is 2. The van der Waals surface area contributed by atoms with Crippen molar-refractivity contribution in [3.05, 3.63) is 63.6 Å². The Kier molecular flexibility index (Phi) is 5.97. The fraction of sp³-hybridized carbons (Fsp3) is 0.188. The zero-order valence-electron chi connectivity index (χ0n) is 11.5. The molecule has 0 radical (unpaired) electrons. The number of benzene rings is 2. The van der Waals surface area contributed by atoms with Gasteiger partial charge in [-0.15, -0.1) is 11.8 Å². The minimum absolute atomic E-state index is 0.0301. The number of para-hydroxylation sites is 1. The normalized spacial score (nSPS) is 10.4. The Balaban J connectivity index is 1.86. The highest BCUT2D eigenvalue weighted by Crippen LogP contribution is 2.28. The van der Waals surface area contributed by atoms with E-state index in [-0.39, 0.29) is 5.91 Å². The van der Waals surface area contributed by atoms with Crippen LogP contribution in [0.3, 0.4) is 0 Å². The van der Waals surface area contributed by atoms with Crippen molar-refractivity contribution in [2.24, 2.45) is 0 Å². The second-order valence-electron chi connectivity index (χ2n) is 4.56. The predicted molar refractivity (Wildman–Crippen MR) is 92.4 cm³/mol. The summed E-state index contributed by atoms with van der Waals surface area (Å²) in [5.74, 6) is 0.938. The lowest BCUT2D eigenvalue weighted by Gasteiger charge is -2.09. The van der Waals surface area contributed by atoms with E-state index in [1.165, 1.54) is 11.8 Å². The number of amides is 1. The number of aryl methyl sites for hydroxylation is 1. The maximum atomic E-state index is 11.9. The molecule has 21 heavy (non-hydrogen) atoms. The molecule has 5 heteroatoms. The molecular weight excluding hydrogens is 325 g/mol. The number of thioether (sulfide) groups is 1. The van der Waals surface area contributed by atoms with E-state index in [2.05, 4.69) is 5.32 Å². The van der Waals surface area contributed by atoms with Gasteiger partial charge in [0.05, 0.1) is 5.75 Å². The predicted octanol–water partition coefficient (Wildman–Crippen LogP) is 5.17. The Labute approximate surface area is 138 Å². The first-order valence-corrected chi connectivity index (χ1v) is 8.35. The Morgan fingerprint density at radius 1 is 1.10 bits per heavy atom. The molecule has 1 N–H and O–H groups in total. The van der Waals surface area contributed by atoms with Crippen molar-refractivity contribution in [1.82, 2.24) is 0 Å². The Bertz CT molecular complexity index is 626. The summed E-state index contributed by atoms with van der Waals surface area (Å²) in [6.45, 7) is 1.96. The Morgan fingerprint density at radius 3 is 2.43 bits per heavy atom. The average Bonchev–Trinajstić information content (AvgIpc) is 2.45. The van der Waals surface area contributed by atoms with Gasteiger partial charge in [-0.2, -0.15) is 0 Å². The standard InChI is InChI=1S/C16H15Cl2NOS/c1-11-5-2-3-8-15(11)19-16(20)10-21-9-12-13(17)6-4-7-14(12)18/h2-8H,9-10H2,1H3,(H,19,20). The van der Waals surface area contributed by atoms with Crippen molar-refractivity contribution in [1.29, 1.82) is 0 Å². The van der Waals surface area contributed by atoms with Crippen molar-refractivity contribution in [3.63, 3.8) is 0 Å². The fourth-order valence-corrected chi connectivity index (χ4v) is 3.38. The van der Waals surface area contributed by atoms with Crippen LogP contribution < -0.4 is 5.32 Å². The number of rotatable bonds is 5. The Hall–Kier alpha value is -1.16. The van der Waals surface area contributed by atoms with Gasteiger partial charge in [-0.3, -0.25) is 4.79 Å². The third kappa shape index (κ3) is 4.67. The van der Waals surface area contributed by atoms with Crippen LogP contribution in [-0.2, 0) is 10.5 Å². The summed E-state index contributed by atoms with van der Waals surface area (Å²) >= 11 is 13.7. The van der Waals surface area contributed by atoms with Gasteiger partial charge in [0.1, 0.15) is 0 Å². The third-order valence-electron chi connectivity index (χ3n) is 2.96. The minimum atomic E-state index is -0.0301. The van der Waals surface area contributed by atoms with Crippen LogP contribution in [0.1, 0.15) is 11.1 Å². The number of carbonyl (C=O) groups excluding carboxylic acids is 1. The summed E-state index contributed by atoms with van der Waals surface area (Å²) < 4.78 is 0. The van der Waals surface area contributed by atoms with Gasteiger partial charge in [0.25, 0.3) is 0 Å². The number of carbonyl (C=O) groups is 1. The summed E-state index contributed by atoms with van der Waals surface area (Å²) in [6.07, 6.45) is 0. The summed E-state index contributed by atoms with van der Waals surface area (Å²) in [5, 5.41) is 4.17. The lowest BCUT2D eigenvalue weighted by molar-refractivity contribution is -0.113. The van der Waals surface area contributed by atoms with E-state index in [1.54, 1.807) is 12.1 Å². The SMILES string of the molecule is Cc1ccccc1NC(=O)CSCc1c(Cl)cccc1Cl. The van der Waals surface area contributed by atoms with Crippen LogP contribution in [0.15, 0.2) is 42.5 Å². The largest absolute Gasteiger partial charge is 0.325 e. The molecule has 0 spiro atoms. The molecule has 2 aromatic carbocycles. The summed E-state index contributed by atoms with van der Waals surface area (Å²) in [4.78, 5) is 11.9. The molecule has 2 aromatic rings. The van der Waals surface area contributed by atoms with Crippen LogP contribution in [0.4, 0.5) is 5.69 Å². The van der Waals surface area contributed by atoms with Crippen molar-refractivity contribution in [2.75, 3.05) is 11.1 Å². The first kappa shape index (κ1) is 16.2. The quantitative estimate of drug-likeness (QED) is 0.813. The van der Waals surface area contributed by atoms with Crippen molar-refractivity contribution < 1.29 is 4.79 Å². The molecule has 0 aromatic heterocycles. The molecule has 2 rings (SSSR count). The van der Waals surface area contributed by atoms with Gasteiger partial charge >= 0.3 is 0 Å². The van der Waals surface area contributed by atoms with Crippen LogP contribution in [0, 0.1) is 6.92 Å².